The molecule has 0 aliphatic heterocycles. The average Bonchev–Trinajstić information content (AvgIpc) is 3.17. The molecule has 0 amide bonds. The summed E-state index contributed by atoms with van der Waals surface area (Å²) in [7, 11) is 0. The minimum atomic E-state index is -0.553. The van der Waals surface area contributed by atoms with E-state index in [-0.39, 0.29) is 39.7 Å². The predicted octanol–water partition coefficient (Wildman–Crippen LogP) is 7.66. The van der Waals surface area contributed by atoms with Gasteiger partial charge in [0.15, 0.2) is 0 Å². The second-order valence-electron chi connectivity index (χ2n) is 15.1. The van der Waals surface area contributed by atoms with Gasteiger partial charge in [0.25, 0.3) is 0 Å². The SMILES string of the molecule is C=C(C)C1CC[C@]2(C(=O)O)CC[C@]3(C)[C@H](CCC4[C@@]5(C)CC[C@@H](OC(C)=O)C(C)(C)C5CC[C@]43C)C12. The molecule has 5 fully saturated rings. The number of allylic oxidation sites excluding steroid dienone is 1. The molecule has 0 radical (unpaired) electrons. The Bertz CT molecular complexity index is 967. The second-order valence-corrected chi connectivity index (χ2v) is 15.1. The molecule has 0 spiro atoms. The molecular weight excluding hydrogens is 448 g/mol. The predicted molar refractivity (Wildman–Crippen MR) is 142 cm³/mol. The molecule has 0 aromatic rings. The summed E-state index contributed by atoms with van der Waals surface area (Å²) in [6, 6.07) is 0. The molecule has 0 heterocycles. The smallest absolute Gasteiger partial charge is 0.309 e. The molecule has 0 saturated heterocycles. The van der Waals surface area contributed by atoms with Crippen LogP contribution in [-0.4, -0.2) is 23.1 Å². The Morgan fingerprint density at radius 3 is 2.11 bits per heavy atom. The molecule has 0 bridgehead atoms. The monoisotopic (exact) mass is 498 g/mol. The van der Waals surface area contributed by atoms with Gasteiger partial charge < -0.3 is 9.84 Å². The van der Waals surface area contributed by atoms with E-state index in [1.807, 2.05) is 0 Å². The van der Waals surface area contributed by atoms with E-state index in [1.165, 1.54) is 24.8 Å². The molecule has 10 atom stereocenters. The maximum absolute atomic E-state index is 12.8. The highest BCUT2D eigenvalue weighted by Crippen LogP contribution is 2.77. The van der Waals surface area contributed by atoms with Gasteiger partial charge in [0.1, 0.15) is 6.10 Å². The van der Waals surface area contributed by atoms with Crippen LogP contribution in [0.15, 0.2) is 12.2 Å². The van der Waals surface area contributed by atoms with Crippen LogP contribution in [-0.2, 0) is 14.3 Å². The number of carboxylic acids is 1. The van der Waals surface area contributed by atoms with E-state index < -0.39 is 11.4 Å². The van der Waals surface area contributed by atoms with E-state index in [1.54, 1.807) is 6.92 Å². The first-order chi connectivity index (χ1) is 16.6. The van der Waals surface area contributed by atoms with Crippen LogP contribution >= 0.6 is 0 Å². The Balaban J connectivity index is 1.52. The van der Waals surface area contributed by atoms with Gasteiger partial charge in [0.2, 0.25) is 0 Å². The Morgan fingerprint density at radius 2 is 1.50 bits per heavy atom. The number of esters is 1. The number of fused-ring (bicyclic) bond motifs is 7. The topological polar surface area (TPSA) is 63.6 Å². The quantitative estimate of drug-likeness (QED) is 0.320. The Morgan fingerprint density at radius 1 is 0.806 bits per heavy atom. The zero-order valence-corrected chi connectivity index (χ0v) is 23.9. The lowest BCUT2D eigenvalue weighted by molar-refractivity contribution is -0.250. The Labute approximate surface area is 219 Å². The highest BCUT2D eigenvalue weighted by atomic mass is 16.5. The van der Waals surface area contributed by atoms with Crippen molar-refractivity contribution in [3.05, 3.63) is 12.2 Å². The van der Waals surface area contributed by atoms with Crippen molar-refractivity contribution in [3.8, 4) is 0 Å². The molecule has 4 heteroatoms. The number of ether oxygens (including phenoxy) is 1. The lowest BCUT2D eigenvalue weighted by Gasteiger charge is -2.72. The number of rotatable bonds is 3. The molecule has 5 saturated carbocycles. The fraction of sp³-hybridized carbons (Fsp3) is 0.875. The summed E-state index contributed by atoms with van der Waals surface area (Å²) >= 11 is 0. The maximum Gasteiger partial charge on any atom is 0.309 e. The van der Waals surface area contributed by atoms with Gasteiger partial charge in [-0.3, -0.25) is 9.59 Å². The van der Waals surface area contributed by atoms with Crippen LogP contribution in [0.3, 0.4) is 0 Å². The van der Waals surface area contributed by atoms with Crippen LogP contribution in [0.25, 0.3) is 0 Å². The molecule has 36 heavy (non-hydrogen) atoms. The lowest BCUT2D eigenvalue weighted by atomic mass is 9.32. The van der Waals surface area contributed by atoms with Gasteiger partial charge in [-0.2, -0.15) is 0 Å². The fourth-order valence-electron chi connectivity index (χ4n) is 11.9. The minimum absolute atomic E-state index is 0.00466. The molecule has 5 rings (SSSR count). The van der Waals surface area contributed by atoms with Crippen molar-refractivity contribution in [2.45, 2.75) is 119 Å². The molecule has 0 aromatic carbocycles. The first kappa shape index (κ1) is 26.3. The maximum atomic E-state index is 12.8. The summed E-state index contributed by atoms with van der Waals surface area (Å²) < 4.78 is 5.88. The number of aliphatic carboxylic acids is 1. The van der Waals surface area contributed by atoms with Crippen molar-refractivity contribution in [2.75, 3.05) is 0 Å². The third-order valence-corrected chi connectivity index (χ3v) is 13.7. The minimum Gasteiger partial charge on any atom is -0.481 e. The fourth-order valence-corrected chi connectivity index (χ4v) is 11.9. The number of carboxylic acid groups (broad SMARTS) is 1. The highest BCUT2D eigenvalue weighted by Gasteiger charge is 2.72. The summed E-state index contributed by atoms with van der Waals surface area (Å²) in [5.74, 6) is 1.49. The number of carbonyl (C=O) groups is 2. The van der Waals surface area contributed by atoms with Crippen LogP contribution in [0, 0.1) is 56.7 Å². The summed E-state index contributed by atoms with van der Waals surface area (Å²) in [4.78, 5) is 24.7. The zero-order chi connectivity index (χ0) is 26.5. The van der Waals surface area contributed by atoms with Crippen molar-refractivity contribution in [1.82, 2.24) is 0 Å². The largest absolute Gasteiger partial charge is 0.481 e. The zero-order valence-electron chi connectivity index (χ0n) is 23.9. The Hall–Kier alpha value is -1.32. The van der Waals surface area contributed by atoms with E-state index in [0.29, 0.717) is 23.7 Å². The number of hydrogen-bond acceptors (Lipinski definition) is 3. The van der Waals surface area contributed by atoms with Crippen molar-refractivity contribution in [1.29, 1.82) is 0 Å². The third kappa shape index (κ3) is 3.17. The second kappa shape index (κ2) is 8.09. The number of carbonyl (C=O) groups excluding carboxylic acids is 1. The van der Waals surface area contributed by atoms with Crippen molar-refractivity contribution in [2.24, 2.45) is 56.7 Å². The van der Waals surface area contributed by atoms with Crippen LogP contribution in [0.5, 0.6) is 0 Å². The van der Waals surface area contributed by atoms with Crippen LogP contribution in [0.4, 0.5) is 0 Å². The molecule has 0 aromatic heterocycles. The average molecular weight is 499 g/mol. The summed E-state index contributed by atoms with van der Waals surface area (Å²) in [5, 5.41) is 10.5. The third-order valence-electron chi connectivity index (χ3n) is 13.7. The van der Waals surface area contributed by atoms with Gasteiger partial charge in [0.05, 0.1) is 5.41 Å². The first-order valence-corrected chi connectivity index (χ1v) is 14.7. The van der Waals surface area contributed by atoms with E-state index >= 15 is 0 Å². The number of hydrogen-bond donors (Lipinski definition) is 1. The van der Waals surface area contributed by atoms with E-state index in [2.05, 4.69) is 48.1 Å². The highest BCUT2D eigenvalue weighted by molar-refractivity contribution is 5.76. The van der Waals surface area contributed by atoms with Crippen molar-refractivity contribution >= 4 is 11.9 Å². The normalized spacial score (nSPS) is 51.2. The van der Waals surface area contributed by atoms with Gasteiger partial charge in [-0.1, -0.05) is 46.8 Å². The molecule has 4 unspecified atom stereocenters. The van der Waals surface area contributed by atoms with Crippen LogP contribution in [0.2, 0.25) is 0 Å². The van der Waals surface area contributed by atoms with E-state index in [4.69, 9.17) is 4.74 Å². The summed E-state index contributed by atoms with van der Waals surface area (Å²) in [6.45, 7) is 20.4. The van der Waals surface area contributed by atoms with Crippen molar-refractivity contribution in [3.63, 3.8) is 0 Å². The molecular formula is C32H50O4. The van der Waals surface area contributed by atoms with Crippen LogP contribution < -0.4 is 0 Å². The molecule has 5 aliphatic rings. The van der Waals surface area contributed by atoms with Gasteiger partial charge in [-0.25, -0.2) is 0 Å². The van der Waals surface area contributed by atoms with Crippen LogP contribution in [0.1, 0.15) is 113 Å². The molecule has 4 nitrogen and oxygen atoms in total. The van der Waals surface area contributed by atoms with E-state index in [0.717, 1.165) is 44.9 Å². The Kier molecular flexibility index (Phi) is 5.91. The van der Waals surface area contributed by atoms with E-state index in [9.17, 15) is 14.7 Å². The standard InChI is InChI=1S/C32H50O4/c1-19(2)21-11-16-32(27(34)35)18-17-30(7)22(26(21)32)9-10-24-29(6)14-13-25(36-20(3)33)28(4,5)23(29)12-15-31(24,30)8/h21-26H,1,9-18H2,2-8H3,(H,34,35)/t21?,22-,23?,24?,25-,26?,29+,30-,31-,32+/m1/s1. The lowest BCUT2D eigenvalue weighted by Crippen LogP contribution is -2.67. The van der Waals surface area contributed by atoms with Crippen molar-refractivity contribution < 1.29 is 19.4 Å². The molecule has 5 aliphatic carbocycles. The summed E-state index contributed by atoms with van der Waals surface area (Å²) in [6.07, 6.45) is 10.5. The molecule has 1 N–H and O–H groups in total. The van der Waals surface area contributed by atoms with Gasteiger partial charge >= 0.3 is 11.9 Å². The molecule has 202 valence electrons. The summed E-state index contributed by atoms with van der Waals surface area (Å²) in [5.41, 5.74) is 1.20. The van der Waals surface area contributed by atoms with Gasteiger partial charge in [-0.15, -0.1) is 0 Å². The van der Waals surface area contributed by atoms with Gasteiger partial charge in [-0.05, 0) is 117 Å². The first-order valence-electron chi connectivity index (χ1n) is 14.7. The van der Waals surface area contributed by atoms with Gasteiger partial charge in [0, 0.05) is 12.3 Å².